The van der Waals surface area contributed by atoms with Gasteiger partial charge in [-0.25, -0.2) is 14.6 Å². The highest BCUT2D eigenvalue weighted by molar-refractivity contribution is 5.93. The van der Waals surface area contributed by atoms with Crippen LogP contribution < -0.4 is 10.6 Å². The van der Waals surface area contributed by atoms with E-state index in [1.54, 1.807) is 10.7 Å². The molecule has 3 heterocycles. The molecule has 0 spiro atoms. The van der Waals surface area contributed by atoms with E-state index in [4.69, 9.17) is 4.42 Å². The Morgan fingerprint density at radius 1 is 1.20 bits per heavy atom. The van der Waals surface area contributed by atoms with Crippen LogP contribution in [0.1, 0.15) is 27.6 Å². The van der Waals surface area contributed by atoms with Crippen LogP contribution in [-0.2, 0) is 0 Å². The van der Waals surface area contributed by atoms with E-state index in [0.29, 0.717) is 36.1 Å². The second-order valence-corrected chi connectivity index (χ2v) is 5.69. The number of hydrogen-bond donors (Lipinski definition) is 2. The SMILES string of the molecule is Cc1cc(C)n(-c2cc(NCCNC(=O)c3ccoc3)nc(C)n2)n1. The fourth-order valence-corrected chi connectivity index (χ4v) is 2.47. The Morgan fingerprint density at radius 2 is 2.04 bits per heavy atom. The van der Waals surface area contributed by atoms with E-state index < -0.39 is 0 Å². The molecule has 0 bridgehead atoms. The summed E-state index contributed by atoms with van der Waals surface area (Å²) in [5, 5.41) is 10.4. The molecule has 130 valence electrons. The molecule has 0 aliphatic rings. The average molecular weight is 340 g/mol. The first-order valence-corrected chi connectivity index (χ1v) is 7.96. The summed E-state index contributed by atoms with van der Waals surface area (Å²) in [7, 11) is 0. The molecule has 25 heavy (non-hydrogen) atoms. The Hall–Kier alpha value is -3.16. The van der Waals surface area contributed by atoms with Gasteiger partial charge in [-0.2, -0.15) is 5.10 Å². The van der Waals surface area contributed by atoms with Gasteiger partial charge < -0.3 is 15.1 Å². The number of rotatable bonds is 6. The van der Waals surface area contributed by atoms with E-state index in [1.807, 2.05) is 32.9 Å². The smallest absolute Gasteiger partial charge is 0.254 e. The maximum Gasteiger partial charge on any atom is 0.254 e. The minimum Gasteiger partial charge on any atom is -0.472 e. The van der Waals surface area contributed by atoms with Crippen LogP contribution in [0.3, 0.4) is 0 Å². The van der Waals surface area contributed by atoms with Crippen LogP contribution in [0.4, 0.5) is 5.82 Å². The molecule has 2 N–H and O–H groups in total. The van der Waals surface area contributed by atoms with Crippen LogP contribution in [0, 0.1) is 20.8 Å². The van der Waals surface area contributed by atoms with Crippen molar-refractivity contribution in [3.63, 3.8) is 0 Å². The minimum absolute atomic E-state index is 0.169. The molecule has 3 rings (SSSR count). The molecule has 0 saturated carbocycles. The molecule has 0 atom stereocenters. The van der Waals surface area contributed by atoms with Crippen molar-refractivity contribution in [3.05, 3.63) is 53.5 Å². The topological polar surface area (TPSA) is 97.9 Å². The Balaban J connectivity index is 1.61. The molecule has 8 heteroatoms. The third-order valence-corrected chi connectivity index (χ3v) is 3.55. The number of nitrogens with one attached hydrogen (secondary N) is 2. The first-order valence-electron chi connectivity index (χ1n) is 7.96. The molecule has 3 aromatic rings. The predicted octanol–water partition coefficient (Wildman–Crippen LogP) is 2.02. The summed E-state index contributed by atoms with van der Waals surface area (Å²) in [5.41, 5.74) is 2.45. The number of anilines is 1. The van der Waals surface area contributed by atoms with Crippen molar-refractivity contribution in [1.29, 1.82) is 0 Å². The Bertz CT molecular complexity index is 869. The van der Waals surface area contributed by atoms with Crippen molar-refractivity contribution in [1.82, 2.24) is 25.1 Å². The second kappa shape index (κ2) is 7.16. The molecule has 0 aliphatic heterocycles. The van der Waals surface area contributed by atoms with E-state index in [1.165, 1.54) is 12.5 Å². The van der Waals surface area contributed by atoms with Gasteiger partial charge in [0.05, 0.1) is 17.5 Å². The molecule has 3 aromatic heterocycles. The summed E-state index contributed by atoms with van der Waals surface area (Å²) in [6.45, 7) is 6.76. The second-order valence-electron chi connectivity index (χ2n) is 5.69. The standard InChI is InChI=1S/C17H20N6O2/c1-11-8-12(2)23(22-11)16-9-15(20-13(3)21-16)18-5-6-19-17(24)14-4-7-25-10-14/h4,7-10H,5-6H2,1-3H3,(H,19,24)(H,18,20,21). The average Bonchev–Trinajstić information content (AvgIpc) is 3.20. The van der Waals surface area contributed by atoms with Crippen molar-refractivity contribution in [3.8, 4) is 5.82 Å². The summed E-state index contributed by atoms with van der Waals surface area (Å²) in [4.78, 5) is 20.6. The summed E-state index contributed by atoms with van der Waals surface area (Å²) < 4.78 is 6.68. The molecule has 0 aromatic carbocycles. The minimum atomic E-state index is -0.169. The summed E-state index contributed by atoms with van der Waals surface area (Å²) >= 11 is 0. The molecule has 0 fully saturated rings. The first kappa shape index (κ1) is 16.7. The van der Waals surface area contributed by atoms with Gasteiger partial charge in [0.15, 0.2) is 5.82 Å². The van der Waals surface area contributed by atoms with Gasteiger partial charge in [-0.15, -0.1) is 0 Å². The lowest BCUT2D eigenvalue weighted by Gasteiger charge is -2.10. The Labute approximate surface area is 145 Å². The number of carbonyl (C=O) groups is 1. The van der Waals surface area contributed by atoms with Gasteiger partial charge in [-0.3, -0.25) is 4.79 Å². The maximum atomic E-state index is 11.8. The van der Waals surface area contributed by atoms with Gasteiger partial charge in [-0.1, -0.05) is 0 Å². The van der Waals surface area contributed by atoms with Crippen molar-refractivity contribution >= 4 is 11.7 Å². The molecule has 0 saturated heterocycles. The number of aryl methyl sites for hydroxylation is 3. The van der Waals surface area contributed by atoms with E-state index in [9.17, 15) is 4.79 Å². The van der Waals surface area contributed by atoms with Gasteiger partial charge in [-0.05, 0) is 32.9 Å². The number of nitrogens with zero attached hydrogens (tertiary/aromatic N) is 4. The van der Waals surface area contributed by atoms with Crippen LogP contribution in [-0.4, -0.2) is 38.7 Å². The first-order chi connectivity index (χ1) is 12.0. The van der Waals surface area contributed by atoms with Crippen LogP contribution in [0.5, 0.6) is 0 Å². The van der Waals surface area contributed by atoms with Gasteiger partial charge in [0.2, 0.25) is 0 Å². The van der Waals surface area contributed by atoms with Crippen LogP contribution in [0.2, 0.25) is 0 Å². The van der Waals surface area contributed by atoms with Crippen molar-refractivity contribution in [2.75, 3.05) is 18.4 Å². The van der Waals surface area contributed by atoms with Gasteiger partial charge in [0, 0.05) is 24.8 Å². The summed E-state index contributed by atoms with van der Waals surface area (Å²) in [6.07, 6.45) is 2.88. The van der Waals surface area contributed by atoms with Crippen LogP contribution >= 0.6 is 0 Å². The Kier molecular flexibility index (Phi) is 4.78. The third kappa shape index (κ3) is 4.03. The lowest BCUT2D eigenvalue weighted by Crippen LogP contribution is -2.28. The van der Waals surface area contributed by atoms with Crippen LogP contribution in [0.25, 0.3) is 5.82 Å². The van der Waals surface area contributed by atoms with E-state index in [2.05, 4.69) is 25.7 Å². The molecule has 8 nitrogen and oxygen atoms in total. The highest BCUT2D eigenvalue weighted by Gasteiger charge is 2.09. The predicted molar refractivity (Wildman–Crippen MR) is 92.9 cm³/mol. The van der Waals surface area contributed by atoms with Gasteiger partial charge >= 0.3 is 0 Å². The largest absolute Gasteiger partial charge is 0.472 e. The summed E-state index contributed by atoms with van der Waals surface area (Å²) in [6, 6.07) is 5.46. The molecule has 0 aliphatic carbocycles. The van der Waals surface area contributed by atoms with E-state index >= 15 is 0 Å². The highest BCUT2D eigenvalue weighted by atomic mass is 16.3. The zero-order valence-electron chi connectivity index (χ0n) is 14.4. The molecule has 0 unspecified atom stereocenters. The Morgan fingerprint density at radius 3 is 2.72 bits per heavy atom. The van der Waals surface area contributed by atoms with Crippen molar-refractivity contribution in [2.45, 2.75) is 20.8 Å². The fourth-order valence-electron chi connectivity index (χ4n) is 2.47. The number of furan rings is 1. The third-order valence-electron chi connectivity index (χ3n) is 3.55. The molecule has 0 radical (unpaired) electrons. The van der Waals surface area contributed by atoms with Gasteiger partial charge in [0.25, 0.3) is 5.91 Å². The van der Waals surface area contributed by atoms with E-state index in [-0.39, 0.29) is 5.91 Å². The molecular formula is C17H20N6O2. The highest BCUT2D eigenvalue weighted by Crippen LogP contribution is 2.13. The lowest BCUT2D eigenvalue weighted by atomic mass is 10.3. The normalized spacial score (nSPS) is 10.7. The maximum absolute atomic E-state index is 11.8. The number of amides is 1. The monoisotopic (exact) mass is 340 g/mol. The number of hydrogen-bond acceptors (Lipinski definition) is 6. The fraction of sp³-hybridized carbons (Fsp3) is 0.294. The number of carbonyl (C=O) groups excluding carboxylic acids is 1. The van der Waals surface area contributed by atoms with Crippen molar-refractivity contribution < 1.29 is 9.21 Å². The number of aromatic nitrogens is 4. The van der Waals surface area contributed by atoms with E-state index in [0.717, 1.165) is 11.4 Å². The van der Waals surface area contributed by atoms with Crippen LogP contribution in [0.15, 0.2) is 35.1 Å². The van der Waals surface area contributed by atoms with Crippen molar-refractivity contribution in [2.24, 2.45) is 0 Å². The van der Waals surface area contributed by atoms with Gasteiger partial charge in [0.1, 0.15) is 17.9 Å². The summed E-state index contributed by atoms with van der Waals surface area (Å²) in [5.74, 6) is 1.88. The zero-order valence-corrected chi connectivity index (χ0v) is 14.4. The zero-order chi connectivity index (χ0) is 17.8. The molecule has 1 amide bonds. The molecular weight excluding hydrogens is 320 g/mol. The quantitative estimate of drug-likeness (QED) is 0.666. The lowest BCUT2D eigenvalue weighted by molar-refractivity contribution is 0.0954.